The molecule has 6 heteroatoms. The fourth-order valence-electron chi connectivity index (χ4n) is 4.31. The Morgan fingerprint density at radius 2 is 2.03 bits per heavy atom. The summed E-state index contributed by atoms with van der Waals surface area (Å²) >= 11 is 0. The van der Waals surface area contributed by atoms with Crippen LogP contribution in [0.25, 0.3) is 11.3 Å². The first-order chi connectivity index (χ1) is 14.5. The maximum absolute atomic E-state index is 13.5. The van der Waals surface area contributed by atoms with Gasteiger partial charge in [0.2, 0.25) is 0 Å². The molecule has 0 N–H and O–H groups in total. The molecule has 2 unspecified atom stereocenters. The number of Topliss-reactive ketones (excluding diaryl/α,β-unsaturated/α-hetero) is 1. The van der Waals surface area contributed by atoms with E-state index < -0.39 is 6.29 Å². The van der Waals surface area contributed by atoms with Gasteiger partial charge in [0.25, 0.3) is 0 Å². The lowest BCUT2D eigenvalue weighted by Gasteiger charge is -2.28. The van der Waals surface area contributed by atoms with Crippen molar-refractivity contribution < 1.29 is 23.5 Å². The van der Waals surface area contributed by atoms with E-state index >= 15 is 0 Å². The lowest BCUT2D eigenvalue weighted by atomic mass is 9.75. The second-order valence-corrected chi connectivity index (χ2v) is 8.35. The Kier molecular flexibility index (Phi) is 6.06. The fourth-order valence-corrected chi connectivity index (χ4v) is 4.31. The van der Waals surface area contributed by atoms with Gasteiger partial charge in [-0.05, 0) is 38.7 Å². The van der Waals surface area contributed by atoms with Crippen LogP contribution in [0.3, 0.4) is 0 Å². The molecule has 2 heterocycles. The minimum absolute atomic E-state index is 0.0817. The number of methoxy groups -OCH3 is 1. The van der Waals surface area contributed by atoms with Crippen LogP contribution in [0.1, 0.15) is 61.6 Å². The molecule has 1 aromatic heterocycles. The van der Waals surface area contributed by atoms with Gasteiger partial charge in [0, 0.05) is 17.9 Å². The minimum atomic E-state index is -0.559. The Bertz CT molecular complexity index is 951. The summed E-state index contributed by atoms with van der Waals surface area (Å²) in [6.45, 7) is 7.44. The molecule has 2 aliphatic rings. The predicted octanol–water partition coefficient (Wildman–Crippen LogP) is 5.13. The molecule has 6 nitrogen and oxygen atoms in total. The molecule has 160 valence electrons. The van der Waals surface area contributed by atoms with Gasteiger partial charge >= 0.3 is 0 Å². The number of carbonyl (C=O) groups is 1. The minimum Gasteiger partial charge on any atom is -0.496 e. The summed E-state index contributed by atoms with van der Waals surface area (Å²) in [6, 6.07) is 5.68. The van der Waals surface area contributed by atoms with Gasteiger partial charge in [0.1, 0.15) is 17.2 Å². The molecule has 2 aromatic rings. The lowest BCUT2D eigenvalue weighted by molar-refractivity contribution is -0.183. The van der Waals surface area contributed by atoms with Crippen molar-refractivity contribution in [3.8, 4) is 17.0 Å². The molecule has 0 bridgehead atoms. The van der Waals surface area contributed by atoms with E-state index in [9.17, 15) is 4.79 Å². The monoisotopic (exact) mass is 411 g/mol. The van der Waals surface area contributed by atoms with Crippen LogP contribution in [0, 0.1) is 11.8 Å². The predicted molar refractivity (Wildman–Crippen MR) is 112 cm³/mol. The summed E-state index contributed by atoms with van der Waals surface area (Å²) in [5, 5.41) is 4.34. The highest BCUT2D eigenvalue weighted by Crippen LogP contribution is 2.43. The number of aromatic nitrogens is 1. The zero-order valence-corrected chi connectivity index (χ0v) is 18.1. The summed E-state index contributed by atoms with van der Waals surface area (Å²) in [6.07, 6.45) is 3.86. The normalized spacial score (nSPS) is 21.9. The van der Waals surface area contributed by atoms with Gasteiger partial charge in [0.05, 0.1) is 31.5 Å². The molecule has 1 saturated heterocycles. The molecule has 1 aromatic carbocycles. The van der Waals surface area contributed by atoms with E-state index in [1.54, 1.807) is 7.11 Å². The highest BCUT2D eigenvalue weighted by molar-refractivity contribution is 6.05. The number of ether oxygens (including phenoxy) is 3. The zero-order valence-electron chi connectivity index (χ0n) is 18.1. The van der Waals surface area contributed by atoms with Gasteiger partial charge in [-0.25, -0.2) is 0 Å². The van der Waals surface area contributed by atoms with Crippen LogP contribution in [0.4, 0.5) is 0 Å². The maximum atomic E-state index is 13.5. The number of benzene rings is 1. The van der Waals surface area contributed by atoms with Crippen LogP contribution >= 0.6 is 0 Å². The number of ketones is 1. The molecule has 1 aliphatic heterocycles. The van der Waals surface area contributed by atoms with Crippen LogP contribution in [-0.4, -0.2) is 31.3 Å². The smallest absolute Gasteiger partial charge is 0.188 e. The first-order valence-corrected chi connectivity index (χ1v) is 10.6. The third kappa shape index (κ3) is 3.82. The van der Waals surface area contributed by atoms with Gasteiger partial charge in [-0.2, -0.15) is 0 Å². The number of carbonyl (C=O) groups excluding carboxylic acids is 1. The second-order valence-electron chi connectivity index (χ2n) is 8.35. The summed E-state index contributed by atoms with van der Waals surface area (Å²) < 4.78 is 23.0. The molecular weight excluding hydrogens is 382 g/mol. The van der Waals surface area contributed by atoms with Crippen molar-refractivity contribution in [3.05, 3.63) is 46.7 Å². The van der Waals surface area contributed by atoms with Crippen molar-refractivity contribution >= 4 is 5.78 Å². The molecule has 2 atom stereocenters. The summed E-state index contributed by atoms with van der Waals surface area (Å²) in [7, 11) is 1.62. The Balaban J connectivity index is 1.79. The number of fused-ring (bicyclic) bond motifs is 1. The number of nitrogens with zero attached hydrogens (tertiary/aromatic N) is 1. The first kappa shape index (κ1) is 20.8. The number of allylic oxidation sites excluding steroid dienone is 2. The van der Waals surface area contributed by atoms with E-state index in [1.807, 2.05) is 18.2 Å². The number of hydrogen-bond donors (Lipinski definition) is 0. The standard InChI is InChI=1S/C24H29NO5/c1-14(2)9-10-16-15(3)13-19-21(23(16)26)22(25-30-19)17-7-5-8-18(27-4)20(17)24-28-11-6-12-29-24/h5,7-9,15-16,24H,6,10-13H2,1-4H3. The average molecular weight is 411 g/mol. The van der Waals surface area contributed by atoms with Crippen molar-refractivity contribution in [3.63, 3.8) is 0 Å². The zero-order chi connectivity index (χ0) is 21.3. The van der Waals surface area contributed by atoms with Crippen molar-refractivity contribution in [1.29, 1.82) is 0 Å². The van der Waals surface area contributed by atoms with Crippen molar-refractivity contribution in [2.24, 2.45) is 11.8 Å². The van der Waals surface area contributed by atoms with E-state index in [0.717, 1.165) is 24.0 Å². The van der Waals surface area contributed by atoms with Gasteiger partial charge in [-0.1, -0.05) is 35.9 Å². The van der Waals surface area contributed by atoms with Crippen LogP contribution in [-0.2, 0) is 15.9 Å². The molecule has 30 heavy (non-hydrogen) atoms. The number of rotatable bonds is 5. The van der Waals surface area contributed by atoms with Crippen molar-refractivity contribution in [1.82, 2.24) is 5.16 Å². The molecule has 0 radical (unpaired) electrons. The Hall–Kier alpha value is -2.44. The quantitative estimate of drug-likeness (QED) is 0.635. The SMILES string of the molecule is COc1cccc(-c2noc3c2C(=O)C(CC=C(C)C)C(C)C3)c1C1OCCCO1. The second kappa shape index (κ2) is 8.74. The molecule has 4 rings (SSSR count). The number of hydrogen-bond acceptors (Lipinski definition) is 6. The highest BCUT2D eigenvalue weighted by atomic mass is 16.7. The Labute approximate surface area is 177 Å². The third-order valence-corrected chi connectivity index (χ3v) is 5.92. The third-order valence-electron chi connectivity index (χ3n) is 5.92. The summed E-state index contributed by atoms with van der Waals surface area (Å²) in [5.41, 5.74) is 3.87. The first-order valence-electron chi connectivity index (χ1n) is 10.6. The molecule has 0 saturated carbocycles. The van der Waals surface area contributed by atoms with Gasteiger partial charge in [-0.15, -0.1) is 0 Å². The highest BCUT2D eigenvalue weighted by Gasteiger charge is 2.39. The van der Waals surface area contributed by atoms with Gasteiger partial charge in [-0.3, -0.25) is 4.79 Å². The Morgan fingerprint density at radius 3 is 2.73 bits per heavy atom. The Morgan fingerprint density at radius 1 is 1.27 bits per heavy atom. The van der Waals surface area contributed by atoms with E-state index in [1.165, 1.54) is 5.57 Å². The van der Waals surface area contributed by atoms with Crippen LogP contribution in [0.5, 0.6) is 5.75 Å². The topological polar surface area (TPSA) is 70.8 Å². The largest absolute Gasteiger partial charge is 0.496 e. The molecule has 0 amide bonds. The van der Waals surface area contributed by atoms with E-state index in [4.69, 9.17) is 18.7 Å². The molecular formula is C24H29NO5. The lowest BCUT2D eigenvalue weighted by Crippen LogP contribution is -2.29. The van der Waals surface area contributed by atoms with E-state index in [0.29, 0.717) is 42.4 Å². The van der Waals surface area contributed by atoms with Crippen LogP contribution in [0.2, 0.25) is 0 Å². The van der Waals surface area contributed by atoms with Crippen LogP contribution < -0.4 is 4.74 Å². The molecule has 1 fully saturated rings. The van der Waals surface area contributed by atoms with E-state index in [-0.39, 0.29) is 17.6 Å². The fraction of sp³-hybridized carbons (Fsp3) is 0.500. The van der Waals surface area contributed by atoms with Gasteiger partial charge < -0.3 is 18.7 Å². The molecule has 0 spiro atoms. The van der Waals surface area contributed by atoms with E-state index in [2.05, 4.69) is 32.0 Å². The summed E-state index contributed by atoms with van der Waals surface area (Å²) in [4.78, 5) is 13.5. The van der Waals surface area contributed by atoms with Crippen molar-refractivity contribution in [2.45, 2.75) is 46.3 Å². The van der Waals surface area contributed by atoms with Gasteiger partial charge in [0.15, 0.2) is 12.1 Å². The van der Waals surface area contributed by atoms with Crippen LogP contribution in [0.15, 0.2) is 34.4 Å². The average Bonchev–Trinajstić information content (AvgIpc) is 3.17. The summed E-state index contributed by atoms with van der Waals surface area (Å²) in [5.74, 6) is 1.53. The maximum Gasteiger partial charge on any atom is 0.188 e. The van der Waals surface area contributed by atoms with Crippen molar-refractivity contribution in [2.75, 3.05) is 20.3 Å². The molecule has 1 aliphatic carbocycles.